The second-order valence-electron chi connectivity index (χ2n) is 6.31. The highest BCUT2D eigenvalue weighted by atomic mass is 35.5. The van der Waals surface area contributed by atoms with E-state index in [1.165, 1.54) is 11.8 Å². The molecular weight excluding hydrogens is 427 g/mol. The second kappa shape index (κ2) is 9.83. The summed E-state index contributed by atoms with van der Waals surface area (Å²) >= 11 is 13.4. The Morgan fingerprint density at radius 3 is 2.41 bits per heavy atom. The molecule has 3 rings (SSSR count). The van der Waals surface area contributed by atoms with Crippen molar-refractivity contribution in [2.75, 3.05) is 16.4 Å². The number of anilines is 2. The van der Waals surface area contributed by atoms with Crippen LogP contribution in [-0.4, -0.2) is 17.6 Å². The Morgan fingerprint density at radius 2 is 1.69 bits per heavy atom. The lowest BCUT2D eigenvalue weighted by atomic mass is 10.1. The van der Waals surface area contributed by atoms with Gasteiger partial charge in [0.15, 0.2) is 0 Å². The smallest absolute Gasteiger partial charge is 0.255 e. The van der Waals surface area contributed by atoms with E-state index in [4.69, 9.17) is 23.2 Å². The normalized spacial score (nSPS) is 10.4. The van der Waals surface area contributed by atoms with Crippen LogP contribution in [0.15, 0.2) is 71.6 Å². The van der Waals surface area contributed by atoms with E-state index in [-0.39, 0.29) is 17.6 Å². The van der Waals surface area contributed by atoms with Gasteiger partial charge in [0.2, 0.25) is 5.91 Å². The van der Waals surface area contributed by atoms with Crippen LogP contribution in [0, 0.1) is 6.92 Å². The molecule has 0 heterocycles. The first-order chi connectivity index (χ1) is 13.9. The predicted octanol–water partition coefficient (Wildman–Crippen LogP) is 6.28. The number of nitrogens with one attached hydrogen (secondary N) is 2. The first kappa shape index (κ1) is 21.2. The van der Waals surface area contributed by atoms with Gasteiger partial charge in [-0.1, -0.05) is 40.9 Å². The predicted molar refractivity (Wildman–Crippen MR) is 121 cm³/mol. The zero-order valence-corrected chi connectivity index (χ0v) is 17.9. The Morgan fingerprint density at radius 1 is 0.931 bits per heavy atom. The lowest BCUT2D eigenvalue weighted by Crippen LogP contribution is -2.14. The minimum Gasteiger partial charge on any atom is -0.324 e. The molecule has 0 aliphatic carbocycles. The highest BCUT2D eigenvalue weighted by Gasteiger charge is 2.09. The summed E-state index contributed by atoms with van der Waals surface area (Å²) in [7, 11) is 0. The highest BCUT2D eigenvalue weighted by molar-refractivity contribution is 8.00. The number of aryl methyl sites for hydroxylation is 1. The van der Waals surface area contributed by atoms with Crippen LogP contribution in [0.4, 0.5) is 11.4 Å². The summed E-state index contributed by atoms with van der Waals surface area (Å²) in [5.41, 5.74) is 2.82. The van der Waals surface area contributed by atoms with Gasteiger partial charge in [-0.3, -0.25) is 9.59 Å². The van der Waals surface area contributed by atoms with Crippen LogP contribution >= 0.6 is 35.0 Å². The number of carbonyl (C=O) groups excluding carboxylic acids is 2. The van der Waals surface area contributed by atoms with Crippen LogP contribution in [-0.2, 0) is 4.79 Å². The summed E-state index contributed by atoms with van der Waals surface area (Å²) < 4.78 is 0. The zero-order chi connectivity index (χ0) is 20.8. The van der Waals surface area contributed by atoms with Gasteiger partial charge in [0.25, 0.3) is 5.91 Å². The molecule has 0 saturated heterocycles. The molecule has 0 atom stereocenters. The third kappa shape index (κ3) is 6.26. The van der Waals surface area contributed by atoms with Crippen LogP contribution in [0.3, 0.4) is 0 Å². The topological polar surface area (TPSA) is 58.2 Å². The molecule has 3 aromatic rings. The number of carbonyl (C=O) groups is 2. The minimum absolute atomic E-state index is 0.160. The van der Waals surface area contributed by atoms with Crippen molar-refractivity contribution in [3.8, 4) is 0 Å². The molecule has 0 saturated carbocycles. The fourth-order valence-electron chi connectivity index (χ4n) is 2.55. The first-order valence-electron chi connectivity index (χ1n) is 8.76. The van der Waals surface area contributed by atoms with E-state index in [2.05, 4.69) is 10.6 Å². The number of benzene rings is 3. The molecule has 0 bridgehead atoms. The number of hydrogen-bond donors (Lipinski definition) is 2. The minimum atomic E-state index is -0.184. The van der Waals surface area contributed by atoms with E-state index in [1.54, 1.807) is 24.3 Å². The monoisotopic (exact) mass is 444 g/mol. The van der Waals surface area contributed by atoms with Gasteiger partial charge in [-0.15, -0.1) is 11.8 Å². The summed E-state index contributed by atoms with van der Waals surface area (Å²) in [4.78, 5) is 25.4. The van der Waals surface area contributed by atoms with Gasteiger partial charge in [-0.25, -0.2) is 0 Å². The summed E-state index contributed by atoms with van der Waals surface area (Å²) in [5, 5.41) is 6.55. The van der Waals surface area contributed by atoms with Crippen LogP contribution in [0.1, 0.15) is 15.9 Å². The molecule has 7 heteroatoms. The van der Waals surface area contributed by atoms with Gasteiger partial charge in [0.05, 0.1) is 16.5 Å². The highest BCUT2D eigenvalue weighted by Crippen LogP contribution is 2.26. The van der Waals surface area contributed by atoms with Crippen LogP contribution in [0.2, 0.25) is 10.0 Å². The van der Waals surface area contributed by atoms with Crippen molar-refractivity contribution in [2.45, 2.75) is 11.8 Å². The van der Waals surface area contributed by atoms with Crippen molar-refractivity contribution >= 4 is 58.2 Å². The van der Waals surface area contributed by atoms with E-state index in [1.807, 2.05) is 49.4 Å². The van der Waals surface area contributed by atoms with Gasteiger partial charge >= 0.3 is 0 Å². The maximum absolute atomic E-state index is 12.3. The number of rotatable bonds is 6. The SMILES string of the molecule is Cc1cccc(C(=O)Nc2ccc(SCC(=O)Nc3cc(Cl)ccc3Cl)cc2)c1. The molecular formula is C22H18Cl2N2O2S. The molecule has 2 N–H and O–H groups in total. The van der Waals surface area contributed by atoms with Crippen molar-refractivity contribution in [3.05, 3.63) is 87.9 Å². The molecule has 0 aromatic heterocycles. The third-order valence-electron chi connectivity index (χ3n) is 3.96. The van der Waals surface area contributed by atoms with E-state index in [9.17, 15) is 9.59 Å². The lowest BCUT2D eigenvalue weighted by Gasteiger charge is -2.09. The van der Waals surface area contributed by atoms with Crippen LogP contribution in [0.5, 0.6) is 0 Å². The Kier molecular flexibility index (Phi) is 7.20. The second-order valence-corrected chi connectivity index (χ2v) is 8.20. The summed E-state index contributed by atoms with van der Waals surface area (Å²) in [6.07, 6.45) is 0. The molecule has 3 aromatic carbocycles. The molecule has 0 unspecified atom stereocenters. The Bertz CT molecular complexity index is 1040. The standard InChI is InChI=1S/C22H18Cl2N2O2S/c1-14-3-2-4-15(11-14)22(28)25-17-6-8-18(9-7-17)29-13-21(27)26-20-12-16(23)5-10-19(20)24/h2-12H,13H2,1H3,(H,25,28)(H,26,27). The maximum Gasteiger partial charge on any atom is 0.255 e. The van der Waals surface area contributed by atoms with E-state index < -0.39 is 0 Å². The molecule has 0 radical (unpaired) electrons. The number of hydrogen-bond acceptors (Lipinski definition) is 3. The van der Waals surface area contributed by atoms with E-state index >= 15 is 0 Å². The van der Waals surface area contributed by atoms with Crippen molar-refractivity contribution in [1.29, 1.82) is 0 Å². The van der Waals surface area contributed by atoms with E-state index in [0.717, 1.165) is 10.5 Å². The fourth-order valence-corrected chi connectivity index (χ4v) is 3.59. The quantitative estimate of drug-likeness (QED) is 0.439. The van der Waals surface area contributed by atoms with Gasteiger partial charge in [-0.2, -0.15) is 0 Å². The van der Waals surface area contributed by atoms with Gasteiger partial charge in [0, 0.05) is 21.2 Å². The largest absolute Gasteiger partial charge is 0.324 e. The molecule has 148 valence electrons. The van der Waals surface area contributed by atoms with Gasteiger partial charge in [-0.05, 0) is 61.5 Å². The third-order valence-corrected chi connectivity index (χ3v) is 5.54. The van der Waals surface area contributed by atoms with Crippen molar-refractivity contribution in [2.24, 2.45) is 0 Å². The summed E-state index contributed by atoms with van der Waals surface area (Å²) in [5.74, 6) is -0.124. The average molecular weight is 445 g/mol. The zero-order valence-electron chi connectivity index (χ0n) is 15.5. The molecule has 4 nitrogen and oxygen atoms in total. The molecule has 0 fully saturated rings. The van der Waals surface area contributed by atoms with Crippen molar-refractivity contribution < 1.29 is 9.59 Å². The molecule has 29 heavy (non-hydrogen) atoms. The van der Waals surface area contributed by atoms with Crippen LogP contribution in [0.25, 0.3) is 0 Å². The number of amides is 2. The van der Waals surface area contributed by atoms with Gasteiger partial charge < -0.3 is 10.6 Å². The Hall–Kier alpha value is -2.47. The molecule has 0 spiro atoms. The molecule has 0 aliphatic heterocycles. The Labute approximate surface area is 183 Å². The molecule has 0 aliphatic rings. The fraction of sp³-hybridized carbons (Fsp3) is 0.0909. The first-order valence-corrected chi connectivity index (χ1v) is 10.5. The lowest BCUT2D eigenvalue weighted by molar-refractivity contribution is -0.113. The van der Waals surface area contributed by atoms with Crippen molar-refractivity contribution in [1.82, 2.24) is 0 Å². The average Bonchev–Trinajstić information content (AvgIpc) is 2.70. The van der Waals surface area contributed by atoms with Crippen molar-refractivity contribution in [3.63, 3.8) is 0 Å². The number of halogens is 2. The molecule has 2 amide bonds. The van der Waals surface area contributed by atoms with E-state index in [0.29, 0.717) is 27.0 Å². The van der Waals surface area contributed by atoms with Crippen LogP contribution < -0.4 is 10.6 Å². The van der Waals surface area contributed by atoms with Gasteiger partial charge in [0.1, 0.15) is 0 Å². The summed E-state index contributed by atoms with van der Waals surface area (Å²) in [6, 6.07) is 19.6. The Balaban J connectivity index is 1.53. The number of thioether (sulfide) groups is 1. The maximum atomic E-state index is 12.3. The summed E-state index contributed by atoms with van der Waals surface area (Å²) in [6.45, 7) is 1.94.